The van der Waals surface area contributed by atoms with Gasteiger partial charge in [-0.1, -0.05) is 60.7 Å². The smallest absolute Gasteiger partial charge is 0.338 e. The zero-order valence-corrected chi connectivity index (χ0v) is 16.7. The molecule has 4 rings (SSSR count). The summed E-state index contributed by atoms with van der Waals surface area (Å²) in [4.78, 5) is 24.8. The van der Waals surface area contributed by atoms with Crippen LogP contribution in [0.5, 0.6) is 5.75 Å². The Kier molecular flexibility index (Phi) is 6.23. The van der Waals surface area contributed by atoms with E-state index in [1.807, 2.05) is 60.7 Å². The summed E-state index contributed by atoms with van der Waals surface area (Å²) in [5.41, 5.74) is 2.71. The van der Waals surface area contributed by atoms with E-state index >= 15 is 0 Å². The molecule has 0 N–H and O–H groups in total. The molecule has 0 spiro atoms. The minimum Gasteiger partial charge on any atom is -0.459 e. The largest absolute Gasteiger partial charge is 0.459 e. The van der Waals surface area contributed by atoms with Crippen molar-refractivity contribution >= 4 is 11.9 Å². The summed E-state index contributed by atoms with van der Waals surface area (Å²) in [5.74, 6) is -0.104. The molecular formula is C26H24O4. The number of rotatable bonds is 5. The van der Waals surface area contributed by atoms with Gasteiger partial charge in [0.1, 0.15) is 11.9 Å². The van der Waals surface area contributed by atoms with Crippen molar-refractivity contribution in [3.63, 3.8) is 0 Å². The van der Waals surface area contributed by atoms with Crippen LogP contribution in [-0.4, -0.2) is 18.0 Å². The van der Waals surface area contributed by atoms with Gasteiger partial charge < -0.3 is 9.47 Å². The molecule has 1 aliphatic rings. The molecule has 4 heteroatoms. The standard InChI is InChI=1S/C26H24O4/c27-25(21-13-11-20(12-14-21)19-7-3-1-4-8-19)30-24-17-15-22(16-18-24)26(28)29-23-9-5-2-6-10-23/h1-14,22,24H,15-18H2. The fraction of sp³-hybridized carbons (Fsp3) is 0.231. The van der Waals surface area contributed by atoms with Crippen molar-refractivity contribution in [2.75, 3.05) is 0 Å². The fourth-order valence-electron chi connectivity index (χ4n) is 3.75. The Morgan fingerprint density at radius 3 is 1.87 bits per heavy atom. The lowest BCUT2D eigenvalue weighted by Crippen LogP contribution is -2.30. The van der Waals surface area contributed by atoms with Crippen LogP contribution < -0.4 is 4.74 Å². The molecule has 0 amide bonds. The van der Waals surface area contributed by atoms with E-state index in [9.17, 15) is 9.59 Å². The molecule has 0 saturated heterocycles. The predicted molar refractivity (Wildman–Crippen MR) is 115 cm³/mol. The molecule has 0 bridgehead atoms. The number of hydrogen-bond donors (Lipinski definition) is 0. The first-order valence-corrected chi connectivity index (χ1v) is 10.3. The zero-order chi connectivity index (χ0) is 20.8. The van der Waals surface area contributed by atoms with Crippen LogP contribution in [0.1, 0.15) is 36.0 Å². The van der Waals surface area contributed by atoms with Crippen molar-refractivity contribution in [2.24, 2.45) is 5.92 Å². The summed E-state index contributed by atoms with van der Waals surface area (Å²) in [6.45, 7) is 0. The highest BCUT2D eigenvalue weighted by molar-refractivity contribution is 5.90. The van der Waals surface area contributed by atoms with Gasteiger partial charge in [-0.05, 0) is 61.1 Å². The zero-order valence-electron chi connectivity index (χ0n) is 16.7. The van der Waals surface area contributed by atoms with E-state index in [4.69, 9.17) is 9.47 Å². The summed E-state index contributed by atoms with van der Waals surface area (Å²) < 4.78 is 11.1. The molecule has 152 valence electrons. The molecular weight excluding hydrogens is 376 g/mol. The second-order valence-electron chi connectivity index (χ2n) is 7.56. The second-order valence-corrected chi connectivity index (χ2v) is 7.56. The van der Waals surface area contributed by atoms with Gasteiger partial charge in [-0.15, -0.1) is 0 Å². The Balaban J connectivity index is 1.27. The molecule has 0 aromatic heterocycles. The molecule has 0 aliphatic heterocycles. The Hall–Kier alpha value is -3.40. The second kappa shape index (κ2) is 9.40. The van der Waals surface area contributed by atoms with Gasteiger partial charge in [0.15, 0.2) is 0 Å². The lowest BCUT2D eigenvalue weighted by atomic mass is 9.87. The Morgan fingerprint density at radius 2 is 1.23 bits per heavy atom. The van der Waals surface area contributed by atoms with Crippen molar-refractivity contribution in [2.45, 2.75) is 31.8 Å². The Morgan fingerprint density at radius 1 is 0.667 bits per heavy atom. The quantitative estimate of drug-likeness (QED) is 0.409. The molecule has 0 unspecified atom stereocenters. The van der Waals surface area contributed by atoms with Gasteiger partial charge in [0.25, 0.3) is 0 Å². The molecule has 1 aliphatic carbocycles. The normalized spacial score (nSPS) is 18.4. The summed E-state index contributed by atoms with van der Waals surface area (Å²) in [6.07, 6.45) is 2.50. The van der Waals surface area contributed by atoms with Gasteiger partial charge >= 0.3 is 11.9 Å². The average molecular weight is 400 g/mol. The molecule has 0 heterocycles. The molecule has 1 saturated carbocycles. The number of benzene rings is 3. The summed E-state index contributed by atoms with van der Waals surface area (Å²) in [7, 11) is 0. The molecule has 30 heavy (non-hydrogen) atoms. The van der Waals surface area contributed by atoms with Gasteiger partial charge in [0, 0.05) is 0 Å². The van der Waals surface area contributed by atoms with Gasteiger partial charge in [-0.25, -0.2) is 4.79 Å². The fourth-order valence-corrected chi connectivity index (χ4v) is 3.75. The van der Waals surface area contributed by atoms with E-state index in [1.54, 1.807) is 24.3 Å². The topological polar surface area (TPSA) is 52.6 Å². The van der Waals surface area contributed by atoms with Crippen molar-refractivity contribution in [3.05, 3.63) is 90.5 Å². The minimum absolute atomic E-state index is 0.148. The van der Waals surface area contributed by atoms with E-state index in [-0.39, 0.29) is 24.0 Å². The molecule has 4 nitrogen and oxygen atoms in total. The van der Waals surface area contributed by atoms with E-state index in [0.717, 1.165) is 11.1 Å². The predicted octanol–water partition coefficient (Wildman–Crippen LogP) is 5.67. The van der Waals surface area contributed by atoms with Crippen molar-refractivity contribution in [1.82, 2.24) is 0 Å². The first-order valence-electron chi connectivity index (χ1n) is 10.3. The maximum atomic E-state index is 12.5. The molecule has 1 fully saturated rings. The highest BCUT2D eigenvalue weighted by Gasteiger charge is 2.29. The van der Waals surface area contributed by atoms with Crippen LogP contribution in [0.15, 0.2) is 84.9 Å². The van der Waals surface area contributed by atoms with E-state index in [1.165, 1.54) is 0 Å². The van der Waals surface area contributed by atoms with Crippen LogP contribution in [0.25, 0.3) is 11.1 Å². The van der Waals surface area contributed by atoms with Gasteiger partial charge in [0.05, 0.1) is 11.5 Å². The van der Waals surface area contributed by atoms with Gasteiger partial charge in [-0.2, -0.15) is 0 Å². The first kappa shape index (κ1) is 19.9. The summed E-state index contributed by atoms with van der Waals surface area (Å²) in [6, 6.07) is 26.6. The van der Waals surface area contributed by atoms with Crippen molar-refractivity contribution < 1.29 is 19.1 Å². The van der Waals surface area contributed by atoms with Crippen LogP contribution in [-0.2, 0) is 9.53 Å². The van der Waals surface area contributed by atoms with Crippen LogP contribution >= 0.6 is 0 Å². The van der Waals surface area contributed by atoms with Crippen LogP contribution in [0.2, 0.25) is 0 Å². The maximum Gasteiger partial charge on any atom is 0.338 e. The SMILES string of the molecule is O=C(OC1CCC(C(=O)Oc2ccccc2)CC1)c1ccc(-c2ccccc2)cc1. The highest BCUT2D eigenvalue weighted by Crippen LogP contribution is 2.29. The molecule has 0 atom stereocenters. The number of para-hydroxylation sites is 1. The van der Waals surface area contributed by atoms with Crippen molar-refractivity contribution in [3.8, 4) is 16.9 Å². The minimum atomic E-state index is -0.315. The van der Waals surface area contributed by atoms with Crippen LogP contribution in [0.3, 0.4) is 0 Å². The highest BCUT2D eigenvalue weighted by atomic mass is 16.5. The average Bonchev–Trinajstić information content (AvgIpc) is 2.81. The number of carbonyl (C=O) groups is 2. The third-order valence-electron chi connectivity index (χ3n) is 5.47. The molecule has 0 radical (unpaired) electrons. The number of esters is 2. The monoisotopic (exact) mass is 400 g/mol. The Labute approximate surface area is 176 Å². The van der Waals surface area contributed by atoms with E-state index in [2.05, 4.69) is 0 Å². The number of ether oxygens (including phenoxy) is 2. The number of hydrogen-bond acceptors (Lipinski definition) is 4. The van der Waals surface area contributed by atoms with Gasteiger partial charge in [-0.3, -0.25) is 4.79 Å². The van der Waals surface area contributed by atoms with Crippen molar-refractivity contribution in [1.29, 1.82) is 0 Å². The summed E-state index contributed by atoms with van der Waals surface area (Å²) >= 11 is 0. The van der Waals surface area contributed by atoms with Gasteiger partial charge in [0.2, 0.25) is 0 Å². The first-order chi connectivity index (χ1) is 14.7. The molecule has 3 aromatic rings. The van der Waals surface area contributed by atoms with Crippen LogP contribution in [0, 0.1) is 5.92 Å². The summed E-state index contributed by atoms with van der Waals surface area (Å²) in [5, 5.41) is 0. The maximum absolute atomic E-state index is 12.5. The Bertz CT molecular complexity index is 973. The van der Waals surface area contributed by atoms with E-state index < -0.39 is 0 Å². The lowest BCUT2D eigenvalue weighted by molar-refractivity contribution is -0.140. The lowest BCUT2D eigenvalue weighted by Gasteiger charge is -2.27. The number of carbonyl (C=O) groups excluding carboxylic acids is 2. The molecule has 3 aromatic carbocycles. The third kappa shape index (κ3) is 4.95. The van der Waals surface area contributed by atoms with E-state index in [0.29, 0.717) is 37.0 Å². The third-order valence-corrected chi connectivity index (χ3v) is 5.47. The van der Waals surface area contributed by atoms with Crippen LogP contribution in [0.4, 0.5) is 0 Å².